The molecule has 0 radical (unpaired) electrons. The number of rotatable bonds is 4. The highest BCUT2D eigenvalue weighted by atomic mass is 16.3. The zero-order chi connectivity index (χ0) is 14.1. The van der Waals surface area contributed by atoms with Crippen molar-refractivity contribution in [3.8, 4) is 11.1 Å². The fraction of sp³-hybridized carbons (Fsp3) is 0.333. The molecule has 2 N–H and O–H groups in total. The van der Waals surface area contributed by atoms with Gasteiger partial charge in [-0.25, -0.2) is 0 Å². The lowest BCUT2D eigenvalue weighted by Crippen LogP contribution is -2.31. The Balaban J connectivity index is 1.87. The molecule has 3 rings (SSSR count). The summed E-state index contributed by atoms with van der Waals surface area (Å²) in [4.78, 5) is 0. The molecule has 0 bridgehead atoms. The van der Waals surface area contributed by atoms with E-state index < -0.39 is 0 Å². The van der Waals surface area contributed by atoms with Crippen LogP contribution in [0.1, 0.15) is 36.6 Å². The number of benzene rings is 2. The number of fused-ring (bicyclic) bond motifs is 3. The van der Waals surface area contributed by atoms with E-state index in [1.165, 1.54) is 27.8 Å². The topological polar surface area (TPSA) is 32.3 Å². The van der Waals surface area contributed by atoms with E-state index in [9.17, 15) is 0 Å². The summed E-state index contributed by atoms with van der Waals surface area (Å²) in [6, 6.07) is 15.7. The fourth-order valence-electron chi connectivity index (χ4n) is 3.01. The molecule has 0 saturated heterocycles. The lowest BCUT2D eigenvalue weighted by Gasteiger charge is -2.19. The summed E-state index contributed by atoms with van der Waals surface area (Å²) in [5, 5.41) is 12.5. The molecular formula is C18H21NO. The minimum Gasteiger partial charge on any atom is -0.395 e. The van der Waals surface area contributed by atoms with E-state index in [-0.39, 0.29) is 18.7 Å². The van der Waals surface area contributed by atoms with Gasteiger partial charge in [0.1, 0.15) is 0 Å². The number of hydrogen-bond donors (Lipinski definition) is 2. The highest BCUT2D eigenvalue weighted by Gasteiger charge is 2.19. The number of aliphatic hydroxyl groups excluding tert-OH is 1. The lowest BCUT2D eigenvalue weighted by molar-refractivity contribution is 0.243. The van der Waals surface area contributed by atoms with Gasteiger partial charge in [0.25, 0.3) is 0 Å². The van der Waals surface area contributed by atoms with Gasteiger partial charge in [0.2, 0.25) is 0 Å². The van der Waals surface area contributed by atoms with E-state index >= 15 is 0 Å². The van der Waals surface area contributed by atoms with Crippen LogP contribution in [0.2, 0.25) is 0 Å². The van der Waals surface area contributed by atoms with E-state index in [1.807, 2.05) is 6.92 Å². The van der Waals surface area contributed by atoms with Gasteiger partial charge < -0.3 is 10.4 Å². The minimum absolute atomic E-state index is 0.121. The maximum absolute atomic E-state index is 9.14. The second-order valence-electron chi connectivity index (χ2n) is 5.72. The summed E-state index contributed by atoms with van der Waals surface area (Å²) >= 11 is 0. The highest BCUT2D eigenvalue weighted by molar-refractivity contribution is 5.76. The third-order valence-corrected chi connectivity index (χ3v) is 4.13. The van der Waals surface area contributed by atoms with E-state index in [1.54, 1.807) is 0 Å². The molecule has 0 saturated carbocycles. The predicted octanol–water partition coefficient (Wildman–Crippen LogP) is 3.29. The molecule has 0 spiro atoms. The molecule has 2 aromatic carbocycles. The van der Waals surface area contributed by atoms with Gasteiger partial charge in [-0.1, -0.05) is 42.5 Å². The Hall–Kier alpha value is -1.64. The maximum Gasteiger partial charge on any atom is 0.0582 e. The number of hydrogen-bond acceptors (Lipinski definition) is 2. The molecule has 1 unspecified atom stereocenters. The third-order valence-electron chi connectivity index (χ3n) is 4.13. The summed E-state index contributed by atoms with van der Waals surface area (Å²) in [5.74, 6) is 0. The predicted molar refractivity (Wildman–Crippen MR) is 82.8 cm³/mol. The average Bonchev–Trinajstić information content (AvgIpc) is 2.84. The standard InChI is InChI=1S/C18H21NO/c1-12(11-20)19-13(2)14-7-8-18-16(9-14)10-15-5-3-4-6-17(15)18/h3-9,12-13,19-20H,10-11H2,1-2H3/t12-,13?/m1/s1. The molecule has 2 nitrogen and oxygen atoms in total. The maximum atomic E-state index is 9.14. The first-order chi connectivity index (χ1) is 9.69. The summed E-state index contributed by atoms with van der Waals surface area (Å²) in [7, 11) is 0. The van der Waals surface area contributed by atoms with Crippen LogP contribution < -0.4 is 5.32 Å². The van der Waals surface area contributed by atoms with E-state index in [2.05, 4.69) is 54.7 Å². The summed E-state index contributed by atoms with van der Waals surface area (Å²) in [5.41, 5.74) is 6.86. The van der Waals surface area contributed by atoms with Crippen molar-refractivity contribution < 1.29 is 5.11 Å². The molecule has 0 heterocycles. The van der Waals surface area contributed by atoms with Crippen molar-refractivity contribution in [1.29, 1.82) is 0 Å². The lowest BCUT2D eigenvalue weighted by atomic mass is 10.00. The van der Waals surface area contributed by atoms with Gasteiger partial charge in [-0.3, -0.25) is 0 Å². The van der Waals surface area contributed by atoms with Crippen LogP contribution in [0.3, 0.4) is 0 Å². The monoisotopic (exact) mass is 267 g/mol. The first kappa shape index (κ1) is 13.3. The second kappa shape index (κ2) is 5.39. The van der Waals surface area contributed by atoms with Crippen molar-refractivity contribution in [2.45, 2.75) is 32.4 Å². The van der Waals surface area contributed by atoms with Gasteiger partial charge in [0.05, 0.1) is 6.61 Å². The fourth-order valence-corrected chi connectivity index (χ4v) is 3.01. The first-order valence-electron chi connectivity index (χ1n) is 7.27. The number of aliphatic hydroxyl groups is 1. The van der Waals surface area contributed by atoms with Crippen molar-refractivity contribution in [3.63, 3.8) is 0 Å². The Bertz CT molecular complexity index is 621. The molecule has 1 aliphatic rings. The zero-order valence-corrected chi connectivity index (χ0v) is 12.1. The van der Waals surface area contributed by atoms with Crippen LogP contribution in [0, 0.1) is 0 Å². The average molecular weight is 267 g/mol. The minimum atomic E-state index is 0.121. The van der Waals surface area contributed by atoms with Crippen LogP contribution in [0.25, 0.3) is 11.1 Å². The van der Waals surface area contributed by atoms with Crippen LogP contribution in [0.4, 0.5) is 0 Å². The second-order valence-corrected chi connectivity index (χ2v) is 5.72. The molecule has 20 heavy (non-hydrogen) atoms. The van der Waals surface area contributed by atoms with Crippen molar-refractivity contribution in [2.75, 3.05) is 6.61 Å². The van der Waals surface area contributed by atoms with Gasteiger partial charge in [-0.15, -0.1) is 0 Å². The van der Waals surface area contributed by atoms with Crippen LogP contribution in [0.5, 0.6) is 0 Å². The van der Waals surface area contributed by atoms with Crippen LogP contribution >= 0.6 is 0 Å². The molecule has 1 aliphatic carbocycles. The van der Waals surface area contributed by atoms with Crippen LogP contribution in [0.15, 0.2) is 42.5 Å². The van der Waals surface area contributed by atoms with Gasteiger partial charge in [0, 0.05) is 12.1 Å². The first-order valence-corrected chi connectivity index (χ1v) is 7.27. The molecule has 0 fully saturated rings. The number of nitrogens with one attached hydrogen (secondary N) is 1. The largest absolute Gasteiger partial charge is 0.395 e. The Morgan fingerprint density at radius 3 is 2.60 bits per heavy atom. The third kappa shape index (κ3) is 2.37. The van der Waals surface area contributed by atoms with Gasteiger partial charge in [-0.2, -0.15) is 0 Å². The van der Waals surface area contributed by atoms with Crippen molar-refractivity contribution >= 4 is 0 Å². The van der Waals surface area contributed by atoms with Gasteiger partial charge in [-0.05, 0) is 48.1 Å². The van der Waals surface area contributed by atoms with E-state index in [0.29, 0.717) is 0 Å². The van der Waals surface area contributed by atoms with E-state index in [4.69, 9.17) is 5.11 Å². The normalized spacial score (nSPS) is 15.6. The van der Waals surface area contributed by atoms with Gasteiger partial charge >= 0.3 is 0 Å². The quantitative estimate of drug-likeness (QED) is 0.760. The Kier molecular flexibility index (Phi) is 3.60. The molecule has 0 aliphatic heterocycles. The molecule has 0 amide bonds. The summed E-state index contributed by atoms with van der Waals surface area (Å²) in [6.45, 7) is 4.32. The van der Waals surface area contributed by atoms with Crippen molar-refractivity contribution in [2.24, 2.45) is 0 Å². The van der Waals surface area contributed by atoms with Crippen molar-refractivity contribution in [1.82, 2.24) is 5.32 Å². The molecule has 104 valence electrons. The molecule has 2 atom stereocenters. The van der Waals surface area contributed by atoms with E-state index in [0.717, 1.165) is 6.42 Å². The van der Waals surface area contributed by atoms with Crippen LogP contribution in [-0.2, 0) is 6.42 Å². The molecule has 2 aromatic rings. The van der Waals surface area contributed by atoms with Gasteiger partial charge in [0.15, 0.2) is 0 Å². The molecule has 2 heteroatoms. The summed E-state index contributed by atoms with van der Waals surface area (Å²) < 4.78 is 0. The SMILES string of the molecule is CC(N[C@H](C)CO)c1ccc2c(c1)Cc1ccccc1-2. The Labute approximate surface area is 120 Å². The Morgan fingerprint density at radius 1 is 1.05 bits per heavy atom. The Morgan fingerprint density at radius 2 is 1.80 bits per heavy atom. The van der Waals surface area contributed by atoms with Crippen LogP contribution in [-0.4, -0.2) is 17.8 Å². The van der Waals surface area contributed by atoms with Crippen molar-refractivity contribution in [3.05, 3.63) is 59.2 Å². The summed E-state index contributed by atoms with van der Waals surface area (Å²) in [6.07, 6.45) is 1.03. The molecular weight excluding hydrogens is 246 g/mol. The molecule has 0 aromatic heterocycles. The highest BCUT2D eigenvalue weighted by Crippen LogP contribution is 2.37. The zero-order valence-electron chi connectivity index (χ0n) is 12.1. The smallest absolute Gasteiger partial charge is 0.0582 e.